The van der Waals surface area contributed by atoms with Crippen molar-refractivity contribution in [2.45, 2.75) is 44.1 Å². The summed E-state index contributed by atoms with van der Waals surface area (Å²) in [5.74, 6) is -0.943. The summed E-state index contributed by atoms with van der Waals surface area (Å²) in [6.45, 7) is 0. The van der Waals surface area contributed by atoms with Gasteiger partial charge in [0.15, 0.2) is 0 Å². The maximum absolute atomic E-state index is 12.5. The van der Waals surface area contributed by atoms with Gasteiger partial charge in [-0.3, -0.25) is 9.59 Å². The van der Waals surface area contributed by atoms with Crippen LogP contribution in [0.2, 0.25) is 0 Å². The SMILES string of the molecule is O=C(O)CC1(NC(=O)Cc2cccc3ccccc23)CCCC1. The molecule has 23 heavy (non-hydrogen) atoms. The van der Waals surface area contributed by atoms with Crippen molar-refractivity contribution in [3.8, 4) is 0 Å². The Morgan fingerprint density at radius 3 is 2.48 bits per heavy atom. The Kier molecular flexibility index (Phi) is 4.33. The molecule has 0 bridgehead atoms. The van der Waals surface area contributed by atoms with Crippen LogP contribution in [0.15, 0.2) is 42.5 Å². The van der Waals surface area contributed by atoms with Gasteiger partial charge in [0.2, 0.25) is 5.91 Å². The van der Waals surface area contributed by atoms with Crippen molar-refractivity contribution in [1.29, 1.82) is 0 Å². The lowest BCUT2D eigenvalue weighted by molar-refractivity contribution is -0.139. The lowest BCUT2D eigenvalue weighted by atomic mass is 9.92. The predicted molar refractivity (Wildman–Crippen MR) is 89.2 cm³/mol. The number of fused-ring (bicyclic) bond motifs is 1. The minimum absolute atomic E-state index is 0.00821. The Bertz CT molecular complexity index is 727. The smallest absolute Gasteiger partial charge is 0.305 e. The molecule has 4 heteroatoms. The molecule has 0 aliphatic heterocycles. The fraction of sp³-hybridized carbons (Fsp3) is 0.368. The van der Waals surface area contributed by atoms with E-state index in [0.29, 0.717) is 0 Å². The molecule has 2 N–H and O–H groups in total. The summed E-state index contributed by atoms with van der Waals surface area (Å²) >= 11 is 0. The van der Waals surface area contributed by atoms with Crippen LogP contribution >= 0.6 is 0 Å². The molecule has 0 saturated heterocycles. The molecule has 1 amide bonds. The van der Waals surface area contributed by atoms with Gasteiger partial charge in [-0.15, -0.1) is 0 Å². The molecule has 2 aromatic carbocycles. The van der Waals surface area contributed by atoms with E-state index in [2.05, 4.69) is 5.32 Å². The minimum atomic E-state index is -0.850. The zero-order valence-corrected chi connectivity index (χ0v) is 13.0. The van der Waals surface area contributed by atoms with Crippen molar-refractivity contribution in [3.63, 3.8) is 0 Å². The molecule has 1 saturated carbocycles. The highest BCUT2D eigenvalue weighted by Gasteiger charge is 2.37. The summed E-state index contributed by atoms with van der Waals surface area (Å²) in [4.78, 5) is 23.6. The zero-order chi connectivity index (χ0) is 16.3. The molecule has 0 atom stereocenters. The van der Waals surface area contributed by atoms with E-state index in [0.717, 1.165) is 42.0 Å². The van der Waals surface area contributed by atoms with Crippen LogP contribution in [-0.2, 0) is 16.0 Å². The van der Waals surface area contributed by atoms with Gasteiger partial charge in [0.1, 0.15) is 0 Å². The molecule has 120 valence electrons. The maximum atomic E-state index is 12.5. The largest absolute Gasteiger partial charge is 0.481 e. The van der Waals surface area contributed by atoms with Crippen LogP contribution in [0.1, 0.15) is 37.7 Å². The summed E-state index contributed by atoms with van der Waals surface area (Å²) in [5.41, 5.74) is 0.414. The van der Waals surface area contributed by atoms with Crippen molar-refractivity contribution >= 4 is 22.6 Å². The number of carboxylic acids is 1. The molecule has 0 spiro atoms. The number of hydrogen-bond acceptors (Lipinski definition) is 2. The summed E-state index contributed by atoms with van der Waals surface area (Å²) < 4.78 is 0. The molecule has 0 heterocycles. The van der Waals surface area contributed by atoms with Crippen molar-refractivity contribution < 1.29 is 14.7 Å². The Balaban J connectivity index is 1.77. The van der Waals surface area contributed by atoms with Crippen LogP contribution < -0.4 is 5.32 Å². The summed E-state index contributed by atoms with van der Waals surface area (Å²) in [6.07, 6.45) is 3.74. The third kappa shape index (κ3) is 3.52. The molecule has 0 radical (unpaired) electrons. The van der Waals surface area contributed by atoms with Gasteiger partial charge in [0.05, 0.1) is 18.4 Å². The lowest BCUT2D eigenvalue weighted by Crippen LogP contribution is -2.48. The predicted octanol–water partition coefficient (Wildman–Crippen LogP) is 3.29. The van der Waals surface area contributed by atoms with Gasteiger partial charge in [0, 0.05) is 0 Å². The van der Waals surface area contributed by atoms with E-state index in [-0.39, 0.29) is 18.7 Å². The Hall–Kier alpha value is -2.36. The molecular weight excluding hydrogens is 290 g/mol. The first kappa shape index (κ1) is 15.5. The van der Waals surface area contributed by atoms with Crippen LogP contribution in [0.5, 0.6) is 0 Å². The maximum Gasteiger partial charge on any atom is 0.305 e. The molecule has 3 rings (SSSR count). The quantitative estimate of drug-likeness (QED) is 0.890. The average molecular weight is 311 g/mol. The number of hydrogen-bond donors (Lipinski definition) is 2. The van der Waals surface area contributed by atoms with Gasteiger partial charge < -0.3 is 10.4 Å². The topological polar surface area (TPSA) is 66.4 Å². The van der Waals surface area contributed by atoms with Gasteiger partial charge in [-0.25, -0.2) is 0 Å². The number of rotatable bonds is 5. The molecule has 2 aromatic rings. The fourth-order valence-electron chi connectivity index (χ4n) is 3.65. The number of carbonyl (C=O) groups excluding carboxylic acids is 1. The fourth-order valence-corrected chi connectivity index (χ4v) is 3.65. The first-order valence-electron chi connectivity index (χ1n) is 8.07. The summed E-state index contributed by atoms with van der Waals surface area (Å²) in [7, 11) is 0. The van der Waals surface area contributed by atoms with Gasteiger partial charge in [-0.2, -0.15) is 0 Å². The van der Waals surface area contributed by atoms with Crippen LogP contribution in [0.4, 0.5) is 0 Å². The number of carboxylic acid groups (broad SMARTS) is 1. The van der Waals surface area contributed by atoms with Gasteiger partial charge in [-0.05, 0) is 29.2 Å². The van der Waals surface area contributed by atoms with Crippen molar-refractivity contribution in [1.82, 2.24) is 5.32 Å². The highest BCUT2D eigenvalue weighted by atomic mass is 16.4. The van der Waals surface area contributed by atoms with E-state index < -0.39 is 11.5 Å². The second-order valence-electron chi connectivity index (χ2n) is 6.42. The normalized spacial score (nSPS) is 16.3. The molecule has 0 unspecified atom stereocenters. The van der Waals surface area contributed by atoms with E-state index in [1.807, 2.05) is 42.5 Å². The molecule has 1 fully saturated rings. The summed E-state index contributed by atoms with van der Waals surface area (Å²) in [6, 6.07) is 13.9. The lowest BCUT2D eigenvalue weighted by Gasteiger charge is -2.28. The first-order chi connectivity index (χ1) is 11.1. The zero-order valence-electron chi connectivity index (χ0n) is 13.0. The van der Waals surface area contributed by atoms with Crippen molar-refractivity contribution in [3.05, 3.63) is 48.0 Å². The molecule has 4 nitrogen and oxygen atoms in total. The van der Waals surface area contributed by atoms with Crippen LogP contribution in [0.25, 0.3) is 10.8 Å². The number of carbonyl (C=O) groups is 2. The highest BCUT2D eigenvalue weighted by molar-refractivity contribution is 5.90. The molecule has 1 aliphatic carbocycles. The minimum Gasteiger partial charge on any atom is -0.481 e. The number of nitrogens with one attached hydrogen (secondary N) is 1. The first-order valence-corrected chi connectivity index (χ1v) is 8.07. The van der Waals surface area contributed by atoms with Gasteiger partial charge in [0.25, 0.3) is 0 Å². The second-order valence-corrected chi connectivity index (χ2v) is 6.42. The van der Waals surface area contributed by atoms with Gasteiger partial charge in [-0.1, -0.05) is 55.3 Å². The highest BCUT2D eigenvalue weighted by Crippen LogP contribution is 2.32. The molecular formula is C19H21NO3. The third-order valence-electron chi connectivity index (χ3n) is 4.69. The number of aliphatic carboxylic acids is 1. The monoisotopic (exact) mass is 311 g/mol. The Labute approximate surface area is 135 Å². The van der Waals surface area contributed by atoms with E-state index in [9.17, 15) is 9.59 Å². The standard InChI is InChI=1S/C19H21NO3/c21-17(20-19(13-18(22)23)10-3-4-11-19)12-15-8-5-7-14-6-1-2-9-16(14)15/h1-2,5-9H,3-4,10-13H2,(H,20,21)(H,22,23). The Morgan fingerprint density at radius 1 is 1.04 bits per heavy atom. The number of amides is 1. The van der Waals surface area contributed by atoms with Gasteiger partial charge >= 0.3 is 5.97 Å². The van der Waals surface area contributed by atoms with Crippen LogP contribution in [0.3, 0.4) is 0 Å². The van der Waals surface area contributed by atoms with Crippen molar-refractivity contribution in [2.75, 3.05) is 0 Å². The van der Waals surface area contributed by atoms with Crippen LogP contribution in [0, 0.1) is 0 Å². The third-order valence-corrected chi connectivity index (χ3v) is 4.69. The van der Waals surface area contributed by atoms with Crippen molar-refractivity contribution in [2.24, 2.45) is 0 Å². The molecule has 0 aromatic heterocycles. The van der Waals surface area contributed by atoms with E-state index in [1.165, 1.54) is 0 Å². The number of benzene rings is 2. The molecule has 1 aliphatic rings. The van der Waals surface area contributed by atoms with E-state index >= 15 is 0 Å². The van der Waals surface area contributed by atoms with E-state index in [4.69, 9.17) is 5.11 Å². The second kappa shape index (κ2) is 6.41. The Morgan fingerprint density at radius 2 is 1.74 bits per heavy atom. The van der Waals surface area contributed by atoms with E-state index in [1.54, 1.807) is 0 Å². The average Bonchev–Trinajstić information content (AvgIpc) is 2.94. The van der Waals surface area contributed by atoms with Crippen LogP contribution in [-0.4, -0.2) is 22.5 Å². The summed E-state index contributed by atoms with van der Waals surface area (Å²) in [5, 5.41) is 14.3.